The molecule has 0 bridgehead atoms. The molecule has 1 aromatic rings. The molecule has 7 heteroatoms. The SMILES string of the molecule is O=C1CNC(=O)CN2C(=O)c3ccccc3C2(O)CN1. The molecule has 1 atom stereocenters. The van der Waals surface area contributed by atoms with Gasteiger partial charge >= 0.3 is 0 Å². The summed E-state index contributed by atoms with van der Waals surface area (Å²) in [6, 6.07) is 6.59. The first-order valence-corrected chi connectivity index (χ1v) is 6.19. The van der Waals surface area contributed by atoms with E-state index < -0.39 is 23.4 Å². The van der Waals surface area contributed by atoms with Gasteiger partial charge in [0.1, 0.15) is 6.54 Å². The van der Waals surface area contributed by atoms with E-state index in [2.05, 4.69) is 10.6 Å². The maximum atomic E-state index is 12.3. The first-order valence-electron chi connectivity index (χ1n) is 6.19. The average Bonchev–Trinajstić information content (AvgIpc) is 2.68. The minimum Gasteiger partial charge on any atom is -0.365 e. The third-order valence-corrected chi connectivity index (χ3v) is 3.56. The van der Waals surface area contributed by atoms with Crippen LogP contribution in [0.3, 0.4) is 0 Å². The fourth-order valence-corrected chi connectivity index (χ4v) is 2.53. The standard InChI is InChI=1S/C13H13N3O4/c17-10-5-14-11(18)6-16-12(19)8-3-1-2-4-9(8)13(16,20)7-15-10/h1-4,20H,5-7H2,(H,14,18)(H,15,17). The number of carbonyl (C=O) groups is 3. The number of hydrogen-bond acceptors (Lipinski definition) is 4. The molecule has 0 saturated carbocycles. The number of nitrogens with zero attached hydrogens (tertiary/aromatic N) is 1. The lowest BCUT2D eigenvalue weighted by atomic mass is 10.0. The summed E-state index contributed by atoms with van der Waals surface area (Å²) in [5, 5.41) is 15.7. The number of carbonyl (C=O) groups excluding carboxylic acids is 3. The summed E-state index contributed by atoms with van der Waals surface area (Å²) >= 11 is 0. The molecule has 1 unspecified atom stereocenters. The molecule has 3 N–H and O–H groups in total. The van der Waals surface area contributed by atoms with Crippen LogP contribution in [0.5, 0.6) is 0 Å². The highest BCUT2D eigenvalue weighted by molar-refractivity contribution is 6.02. The Hall–Kier alpha value is -2.41. The van der Waals surface area contributed by atoms with Crippen LogP contribution in [-0.4, -0.2) is 47.4 Å². The molecule has 20 heavy (non-hydrogen) atoms. The first-order chi connectivity index (χ1) is 9.52. The highest BCUT2D eigenvalue weighted by atomic mass is 16.3. The van der Waals surface area contributed by atoms with E-state index in [4.69, 9.17) is 0 Å². The van der Waals surface area contributed by atoms with Crippen LogP contribution in [0.1, 0.15) is 15.9 Å². The summed E-state index contributed by atoms with van der Waals surface area (Å²) in [5.41, 5.74) is -0.942. The van der Waals surface area contributed by atoms with Crippen molar-refractivity contribution in [3.05, 3.63) is 35.4 Å². The second-order valence-corrected chi connectivity index (χ2v) is 4.81. The third-order valence-electron chi connectivity index (χ3n) is 3.56. The van der Waals surface area contributed by atoms with Crippen LogP contribution in [0.15, 0.2) is 24.3 Å². The number of aliphatic hydroxyl groups is 1. The van der Waals surface area contributed by atoms with Gasteiger partial charge in [-0.3, -0.25) is 19.3 Å². The Morgan fingerprint density at radius 2 is 1.85 bits per heavy atom. The van der Waals surface area contributed by atoms with Crippen molar-refractivity contribution in [3.63, 3.8) is 0 Å². The maximum Gasteiger partial charge on any atom is 0.257 e. The van der Waals surface area contributed by atoms with Gasteiger partial charge in [0.05, 0.1) is 13.1 Å². The molecule has 3 rings (SSSR count). The number of hydrogen-bond donors (Lipinski definition) is 3. The summed E-state index contributed by atoms with van der Waals surface area (Å²) in [4.78, 5) is 36.6. The summed E-state index contributed by atoms with van der Waals surface area (Å²) in [6.45, 7) is -0.610. The maximum absolute atomic E-state index is 12.3. The molecule has 1 saturated heterocycles. The minimum absolute atomic E-state index is 0.149. The van der Waals surface area contributed by atoms with Crippen molar-refractivity contribution in [1.29, 1.82) is 0 Å². The normalized spacial score (nSPS) is 25.9. The fraction of sp³-hybridized carbons (Fsp3) is 0.308. The molecule has 0 aliphatic carbocycles. The van der Waals surface area contributed by atoms with Crippen LogP contribution in [0.2, 0.25) is 0 Å². The zero-order chi connectivity index (χ0) is 14.3. The van der Waals surface area contributed by atoms with Gasteiger partial charge in [0.2, 0.25) is 11.8 Å². The first kappa shape index (κ1) is 12.6. The van der Waals surface area contributed by atoms with E-state index in [1.165, 1.54) is 0 Å². The van der Waals surface area contributed by atoms with E-state index in [1.54, 1.807) is 24.3 Å². The molecule has 0 radical (unpaired) electrons. The van der Waals surface area contributed by atoms with Crippen molar-refractivity contribution >= 4 is 17.7 Å². The van der Waals surface area contributed by atoms with Crippen LogP contribution in [0, 0.1) is 0 Å². The molecule has 2 heterocycles. The fourth-order valence-electron chi connectivity index (χ4n) is 2.53. The number of rotatable bonds is 0. The molecule has 104 valence electrons. The lowest BCUT2D eigenvalue weighted by molar-refractivity contribution is -0.129. The Morgan fingerprint density at radius 1 is 1.10 bits per heavy atom. The quantitative estimate of drug-likeness (QED) is 0.538. The Kier molecular flexibility index (Phi) is 2.72. The van der Waals surface area contributed by atoms with Gasteiger partial charge in [0.15, 0.2) is 5.72 Å². The zero-order valence-corrected chi connectivity index (χ0v) is 10.5. The van der Waals surface area contributed by atoms with Crippen molar-refractivity contribution in [2.24, 2.45) is 0 Å². The molecule has 7 nitrogen and oxygen atoms in total. The van der Waals surface area contributed by atoms with Crippen LogP contribution in [0.4, 0.5) is 0 Å². The van der Waals surface area contributed by atoms with Crippen molar-refractivity contribution in [2.75, 3.05) is 19.6 Å². The van der Waals surface area contributed by atoms with E-state index >= 15 is 0 Å². The molecular formula is C13H13N3O4. The number of fused-ring (bicyclic) bond motifs is 3. The molecular weight excluding hydrogens is 262 g/mol. The lowest BCUT2D eigenvalue weighted by Crippen LogP contribution is -2.52. The second-order valence-electron chi connectivity index (χ2n) is 4.81. The van der Waals surface area contributed by atoms with Gasteiger partial charge < -0.3 is 15.7 Å². The number of amides is 3. The molecule has 1 aromatic carbocycles. The number of β-amino-alcohol motifs (C(OH)–C–C–N with tert-alkyl or cyclic N) is 1. The van der Waals surface area contributed by atoms with Gasteiger partial charge in [-0.15, -0.1) is 0 Å². The van der Waals surface area contributed by atoms with Gasteiger partial charge in [-0.25, -0.2) is 0 Å². The van der Waals surface area contributed by atoms with E-state index in [0.717, 1.165) is 4.90 Å². The Bertz CT molecular complexity index is 615. The topological polar surface area (TPSA) is 98.7 Å². The average molecular weight is 275 g/mol. The van der Waals surface area contributed by atoms with Gasteiger partial charge in [0, 0.05) is 11.1 Å². The zero-order valence-electron chi connectivity index (χ0n) is 10.5. The van der Waals surface area contributed by atoms with E-state index in [1.807, 2.05) is 0 Å². The monoisotopic (exact) mass is 275 g/mol. The van der Waals surface area contributed by atoms with E-state index in [-0.39, 0.29) is 19.6 Å². The Morgan fingerprint density at radius 3 is 2.65 bits per heavy atom. The smallest absolute Gasteiger partial charge is 0.257 e. The molecule has 3 amide bonds. The molecule has 0 spiro atoms. The van der Waals surface area contributed by atoms with Crippen LogP contribution < -0.4 is 10.6 Å². The summed E-state index contributed by atoms with van der Waals surface area (Å²) in [7, 11) is 0. The highest BCUT2D eigenvalue weighted by Gasteiger charge is 2.49. The predicted molar refractivity (Wildman–Crippen MR) is 67.4 cm³/mol. The van der Waals surface area contributed by atoms with Crippen molar-refractivity contribution < 1.29 is 19.5 Å². The molecule has 0 aromatic heterocycles. The van der Waals surface area contributed by atoms with Crippen molar-refractivity contribution in [3.8, 4) is 0 Å². The van der Waals surface area contributed by atoms with Gasteiger partial charge in [-0.1, -0.05) is 18.2 Å². The van der Waals surface area contributed by atoms with Crippen LogP contribution >= 0.6 is 0 Å². The van der Waals surface area contributed by atoms with Crippen LogP contribution in [0.25, 0.3) is 0 Å². The predicted octanol–water partition coefficient (Wildman–Crippen LogP) is -1.47. The van der Waals surface area contributed by atoms with E-state index in [0.29, 0.717) is 11.1 Å². The minimum atomic E-state index is -1.69. The van der Waals surface area contributed by atoms with Crippen molar-refractivity contribution in [2.45, 2.75) is 5.72 Å². The summed E-state index contributed by atoms with van der Waals surface area (Å²) in [6.07, 6.45) is 0. The third kappa shape index (κ3) is 1.75. The molecule has 2 aliphatic heterocycles. The molecule has 2 aliphatic rings. The molecule has 1 fully saturated rings. The Labute approximate surface area is 114 Å². The lowest BCUT2D eigenvalue weighted by Gasteiger charge is -2.33. The van der Waals surface area contributed by atoms with Gasteiger partial charge in [-0.05, 0) is 6.07 Å². The summed E-state index contributed by atoms with van der Waals surface area (Å²) < 4.78 is 0. The number of nitrogens with one attached hydrogen (secondary N) is 2. The highest BCUT2D eigenvalue weighted by Crippen LogP contribution is 2.36. The van der Waals surface area contributed by atoms with Gasteiger partial charge in [0.25, 0.3) is 5.91 Å². The number of benzene rings is 1. The van der Waals surface area contributed by atoms with Crippen molar-refractivity contribution in [1.82, 2.24) is 15.5 Å². The van der Waals surface area contributed by atoms with Crippen LogP contribution in [-0.2, 0) is 15.3 Å². The Balaban J connectivity index is 2.08. The van der Waals surface area contributed by atoms with Gasteiger partial charge in [-0.2, -0.15) is 0 Å². The largest absolute Gasteiger partial charge is 0.365 e. The second kappa shape index (κ2) is 4.31. The van der Waals surface area contributed by atoms with E-state index in [9.17, 15) is 19.5 Å². The summed E-state index contributed by atoms with van der Waals surface area (Å²) in [5.74, 6) is -1.32.